The lowest BCUT2D eigenvalue weighted by molar-refractivity contribution is -0.404. The van der Waals surface area contributed by atoms with E-state index in [-0.39, 0.29) is 5.82 Å². The molecule has 0 aliphatic heterocycles. The van der Waals surface area contributed by atoms with Gasteiger partial charge >= 0.3 is 0 Å². The summed E-state index contributed by atoms with van der Waals surface area (Å²) in [5.74, 6) is 0.0879. The molecule has 0 bridgehead atoms. The number of pyridine rings is 1. The molecule has 0 saturated carbocycles. The molecular weight excluding hydrogens is 260 g/mol. The van der Waals surface area contributed by atoms with Crippen molar-refractivity contribution in [2.24, 2.45) is 0 Å². The van der Waals surface area contributed by atoms with E-state index in [1.165, 1.54) is 7.05 Å². The summed E-state index contributed by atoms with van der Waals surface area (Å²) in [7, 11) is 1.41. The van der Waals surface area contributed by atoms with Crippen LogP contribution in [-0.2, 0) is 11.3 Å². The molecule has 0 spiro atoms. The summed E-state index contributed by atoms with van der Waals surface area (Å²) in [5, 5.41) is 13.5. The minimum Gasteiger partial charge on any atom is -0.362 e. The van der Waals surface area contributed by atoms with Crippen LogP contribution in [0.25, 0.3) is 0 Å². The van der Waals surface area contributed by atoms with Crippen molar-refractivity contribution < 1.29 is 9.72 Å². The fraction of sp³-hybridized carbons (Fsp3) is 0.200. The highest BCUT2D eigenvalue weighted by molar-refractivity contribution is 6.29. The Morgan fingerprint density at radius 2 is 2.39 bits per heavy atom. The van der Waals surface area contributed by atoms with Crippen LogP contribution < -0.4 is 5.32 Å². The molecule has 1 rings (SSSR count). The first-order chi connectivity index (χ1) is 8.52. The highest BCUT2D eigenvalue weighted by atomic mass is 35.5. The number of hydrogen-bond acceptors (Lipinski definition) is 5. The van der Waals surface area contributed by atoms with Crippen LogP contribution in [0.15, 0.2) is 30.4 Å². The number of amides is 1. The molecule has 0 unspecified atom stereocenters. The van der Waals surface area contributed by atoms with Gasteiger partial charge in [0, 0.05) is 19.8 Å². The molecule has 1 amide bonds. The Hall–Kier alpha value is -2.15. The number of nitrogens with zero attached hydrogens (tertiary/aromatic N) is 3. The first-order valence-electron chi connectivity index (χ1n) is 4.90. The lowest BCUT2D eigenvalue weighted by Crippen LogP contribution is -2.28. The molecule has 0 aliphatic carbocycles. The Kier molecular flexibility index (Phi) is 5.06. The third-order valence-electron chi connectivity index (χ3n) is 2.03. The van der Waals surface area contributed by atoms with Crippen molar-refractivity contribution in [1.82, 2.24) is 15.2 Å². The molecule has 0 fully saturated rings. The normalized spacial score (nSPS) is 10.9. The predicted octanol–water partition coefficient (Wildman–Crippen LogP) is 0.988. The van der Waals surface area contributed by atoms with E-state index in [1.54, 1.807) is 18.3 Å². The molecule has 1 heterocycles. The van der Waals surface area contributed by atoms with E-state index in [1.807, 2.05) is 0 Å². The van der Waals surface area contributed by atoms with Gasteiger partial charge in [0.25, 0.3) is 6.20 Å². The van der Waals surface area contributed by atoms with Gasteiger partial charge in [-0.15, -0.1) is 0 Å². The van der Waals surface area contributed by atoms with Gasteiger partial charge in [0.1, 0.15) is 5.15 Å². The second kappa shape index (κ2) is 6.55. The Morgan fingerprint density at radius 3 is 2.89 bits per heavy atom. The molecule has 1 N–H and O–H groups in total. The zero-order valence-electron chi connectivity index (χ0n) is 9.54. The van der Waals surface area contributed by atoms with Gasteiger partial charge < -0.3 is 5.32 Å². The van der Waals surface area contributed by atoms with Gasteiger partial charge in [-0.2, -0.15) is 0 Å². The second-order valence-electron chi connectivity index (χ2n) is 3.36. The molecule has 18 heavy (non-hydrogen) atoms. The molecule has 0 aromatic carbocycles. The highest BCUT2D eigenvalue weighted by Crippen LogP contribution is 2.06. The van der Waals surface area contributed by atoms with Gasteiger partial charge in [0.2, 0.25) is 6.41 Å². The summed E-state index contributed by atoms with van der Waals surface area (Å²) >= 11 is 5.63. The Morgan fingerprint density at radius 1 is 1.67 bits per heavy atom. The van der Waals surface area contributed by atoms with E-state index < -0.39 is 4.92 Å². The monoisotopic (exact) mass is 270 g/mol. The lowest BCUT2D eigenvalue weighted by atomic mass is 10.3. The third-order valence-corrected chi connectivity index (χ3v) is 2.25. The van der Waals surface area contributed by atoms with Crippen LogP contribution in [0.2, 0.25) is 5.15 Å². The minimum atomic E-state index is -0.636. The van der Waals surface area contributed by atoms with Crippen molar-refractivity contribution in [3.63, 3.8) is 0 Å². The number of nitrogens with one attached hydrogen (secondary N) is 1. The van der Waals surface area contributed by atoms with Crippen molar-refractivity contribution in [1.29, 1.82) is 0 Å². The summed E-state index contributed by atoms with van der Waals surface area (Å²) in [6.07, 6.45) is 2.74. The van der Waals surface area contributed by atoms with E-state index in [2.05, 4.69) is 10.3 Å². The molecule has 8 heteroatoms. The van der Waals surface area contributed by atoms with Crippen molar-refractivity contribution in [2.75, 3.05) is 7.05 Å². The SMILES string of the molecule is CN(C=O)/C(=C\[N+](=O)[O-])NCc1ccc(Cl)nc1. The summed E-state index contributed by atoms with van der Waals surface area (Å²) in [5.41, 5.74) is 0.785. The largest absolute Gasteiger partial charge is 0.362 e. The van der Waals surface area contributed by atoms with Crippen LogP contribution in [0.3, 0.4) is 0 Å². The Bertz CT molecular complexity index is 461. The summed E-state index contributed by atoms with van der Waals surface area (Å²) < 4.78 is 0. The first kappa shape index (κ1) is 13.9. The van der Waals surface area contributed by atoms with E-state index >= 15 is 0 Å². The van der Waals surface area contributed by atoms with Crippen LogP contribution in [0.4, 0.5) is 0 Å². The molecule has 1 aromatic heterocycles. The fourth-order valence-electron chi connectivity index (χ4n) is 1.12. The number of carbonyl (C=O) groups is 1. The highest BCUT2D eigenvalue weighted by Gasteiger charge is 2.08. The third kappa shape index (κ3) is 4.38. The summed E-state index contributed by atoms with van der Waals surface area (Å²) in [6.45, 7) is 0.294. The average molecular weight is 271 g/mol. The standard InChI is InChI=1S/C10H11ClN4O3/c1-14(7-16)10(6-15(17)18)13-5-8-2-3-9(11)12-4-8/h2-4,6-7,13H,5H2,1H3/b10-6-. The first-order valence-corrected chi connectivity index (χ1v) is 5.28. The topological polar surface area (TPSA) is 88.4 Å². The molecule has 96 valence electrons. The summed E-state index contributed by atoms with van der Waals surface area (Å²) in [6, 6.07) is 3.34. The molecule has 0 aliphatic rings. The number of hydrogen-bond donors (Lipinski definition) is 1. The molecule has 0 atom stereocenters. The van der Waals surface area contributed by atoms with E-state index in [0.29, 0.717) is 18.1 Å². The van der Waals surface area contributed by atoms with E-state index in [4.69, 9.17) is 11.6 Å². The molecule has 0 radical (unpaired) electrons. The fourth-order valence-corrected chi connectivity index (χ4v) is 1.23. The van der Waals surface area contributed by atoms with Gasteiger partial charge in [-0.25, -0.2) is 4.98 Å². The van der Waals surface area contributed by atoms with Crippen LogP contribution in [0.5, 0.6) is 0 Å². The van der Waals surface area contributed by atoms with Crippen molar-refractivity contribution in [3.05, 3.63) is 51.2 Å². The molecular formula is C10H11ClN4O3. The minimum absolute atomic E-state index is 0.0879. The quantitative estimate of drug-likeness (QED) is 0.360. The van der Waals surface area contributed by atoms with Crippen molar-refractivity contribution in [3.8, 4) is 0 Å². The van der Waals surface area contributed by atoms with Gasteiger partial charge in [-0.1, -0.05) is 17.7 Å². The zero-order chi connectivity index (χ0) is 13.5. The van der Waals surface area contributed by atoms with Gasteiger partial charge in [-0.3, -0.25) is 19.8 Å². The van der Waals surface area contributed by atoms with Crippen molar-refractivity contribution in [2.45, 2.75) is 6.54 Å². The number of carbonyl (C=O) groups excluding carboxylic acids is 1. The van der Waals surface area contributed by atoms with Crippen molar-refractivity contribution >= 4 is 18.0 Å². The van der Waals surface area contributed by atoms with Gasteiger partial charge in [-0.05, 0) is 11.6 Å². The number of halogens is 1. The van der Waals surface area contributed by atoms with E-state index in [0.717, 1.165) is 16.7 Å². The van der Waals surface area contributed by atoms with Crippen LogP contribution in [-0.4, -0.2) is 28.3 Å². The Labute approximate surface area is 108 Å². The smallest absolute Gasteiger partial charge is 0.274 e. The molecule has 7 nitrogen and oxygen atoms in total. The van der Waals surface area contributed by atoms with Gasteiger partial charge in [0.15, 0.2) is 5.82 Å². The second-order valence-corrected chi connectivity index (χ2v) is 3.75. The number of rotatable bonds is 6. The lowest BCUT2D eigenvalue weighted by Gasteiger charge is -2.14. The maximum absolute atomic E-state index is 10.6. The van der Waals surface area contributed by atoms with Crippen LogP contribution >= 0.6 is 11.6 Å². The Balaban J connectivity index is 2.70. The average Bonchev–Trinajstić information content (AvgIpc) is 2.35. The van der Waals surface area contributed by atoms with Gasteiger partial charge in [0.05, 0.1) is 4.92 Å². The van der Waals surface area contributed by atoms with Crippen LogP contribution in [0, 0.1) is 10.1 Å². The van der Waals surface area contributed by atoms with E-state index in [9.17, 15) is 14.9 Å². The predicted molar refractivity (Wildman–Crippen MR) is 65.0 cm³/mol. The maximum Gasteiger partial charge on any atom is 0.274 e. The number of aromatic nitrogens is 1. The summed E-state index contributed by atoms with van der Waals surface area (Å²) in [4.78, 5) is 25.3. The number of nitro groups is 1. The maximum atomic E-state index is 10.6. The molecule has 0 saturated heterocycles. The van der Waals surface area contributed by atoms with Crippen LogP contribution in [0.1, 0.15) is 5.56 Å². The zero-order valence-corrected chi connectivity index (χ0v) is 10.3. The molecule has 1 aromatic rings.